The van der Waals surface area contributed by atoms with Crippen LogP contribution in [0.15, 0.2) is 60.7 Å². The molecule has 0 aromatic heterocycles. The average molecular weight is 297 g/mol. The third-order valence-electron chi connectivity index (χ3n) is 3.30. The third kappa shape index (κ3) is 2.69. The van der Waals surface area contributed by atoms with Crippen LogP contribution in [0.1, 0.15) is 10.4 Å². The summed E-state index contributed by atoms with van der Waals surface area (Å²) in [5.41, 5.74) is 7.37. The first-order chi connectivity index (χ1) is 10.1. The molecule has 104 valence electrons. The van der Waals surface area contributed by atoms with Crippen molar-refractivity contribution in [2.75, 3.05) is 11.1 Å². The van der Waals surface area contributed by atoms with E-state index in [-0.39, 0.29) is 5.91 Å². The number of nitrogen functional groups attached to an aromatic ring is 1. The van der Waals surface area contributed by atoms with Crippen LogP contribution in [-0.4, -0.2) is 5.91 Å². The lowest BCUT2D eigenvalue weighted by Crippen LogP contribution is -2.12. The van der Waals surface area contributed by atoms with Crippen LogP contribution in [0.4, 0.5) is 11.4 Å². The quantitative estimate of drug-likeness (QED) is 0.692. The summed E-state index contributed by atoms with van der Waals surface area (Å²) in [6, 6.07) is 18.5. The van der Waals surface area contributed by atoms with Gasteiger partial charge in [0, 0.05) is 16.6 Å². The van der Waals surface area contributed by atoms with Gasteiger partial charge in [0.1, 0.15) is 0 Å². The summed E-state index contributed by atoms with van der Waals surface area (Å²) >= 11 is 5.87. The maximum atomic E-state index is 12.3. The van der Waals surface area contributed by atoms with Crippen LogP contribution >= 0.6 is 11.6 Å². The summed E-state index contributed by atoms with van der Waals surface area (Å²) in [6.45, 7) is 0. The van der Waals surface area contributed by atoms with E-state index in [4.69, 9.17) is 17.3 Å². The van der Waals surface area contributed by atoms with E-state index in [1.807, 2.05) is 42.5 Å². The van der Waals surface area contributed by atoms with Gasteiger partial charge in [0.2, 0.25) is 0 Å². The van der Waals surface area contributed by atoms with Crippen molar-refractivity contribution in [1.29, 1.82) is 0 Å². The summed E-state index contributed by atoms with van der Waals surface area (Å²) in [6.07, 6.45) is 0. The number of carbonyl (C=O) groups excluding carboxylic acids is 1. The van der Waals surface area contributed by atoms with Gasteiger partial charge in [0.15, 0.2) is 0 Å². The molecular formula is C17H13ClN2O. The third-order valence-corrected chi connectivity index (χ3v) is 3.64. The number of nitrogens with two attached hydrogens (primary N) is 1. The first kappa shape index (κ1) is 13.5. The number of halogens is 1. The maximum absolute atomic E-state index is 12.3. The largest absolute Gasteiger partial charge is 0.398 e. The van der Waals surface area contributed by atoms with Crippen molar-refractivity contribution < 1.29 is 4.79 Å². The first-order valence-corrected chi connectivity index (χ1v) is 6.87. The molecule has 0 fully saturated rings. The molecule has 0 bridgehead atoms. The number of nitrogens with one attached hydrogen (secondary N) is 1. The van der Waals surface area contributed by atoms with Crippen molar-refractivity contribution in [3.8, 4) is 0 Å². The Morgan fingerprint density at radius 2 is 1.76 bits per heavy atom. The van der Waals surface area contributed by atoms with E-state index in [2.05, 4.69) is 5.32 Å². The van der Waals surface area contributed by atoms with Crippen LogP contribution in [0.5, 0.6) is 0 Å². The smallest absolute Gasteiger partial charge is 0.255 e. The van der Waals surface area contributed by atoms with Gasteiger partial charge in [-0.1, -0.05) is 48.0 Å². The van der Waals surface area contributed by atoms with Crippen molar-refractivity contribution in [3.63, 3.8) is 0 Å². The summed E-state index contributed by atoms with van der Waals surface area (Å²) < 4.78 is 0. The first-order valence-electron chi connectivity index (χ1n) is 6.49. The Morgan fingerprint density at radius 1 is 1.00 bits per heavy atom. The fourth-order valence-corrected chi connectivity index (χ4v) is 2.33. The highest BCUT2D eigenvalue weighted by molar-refractivity contribution is 6.33. The Bertz CT molecular complexity index is 825. The Kier molecular flexibility index (Phi) is 3.50. The lowest BCUT2D eigenvalue weighted by atomic mass is 10.1. The molecule has 0 saturated carbocycles. The van der Waals surface area contributed by atoms with Gasteiger partial charge in [-0.2, -0.15) is 0 Å². The highest BCUT2D eigenvalue weighted by Gasteiger charge is 2.09. The normalized spacial score (nSPS) is 10.5. The molecule has 21 heavy (non-hydrogen) atoms. The lowest BCUT2D eigenvalue weighted by molar-refractivity contribution is 0.102. The molecule has 0 saturated heterocycles. The van der Waals surface area contributed by atoms with E-state index < -0.39 is 0 Å². The zero-order valence-corrected chi connectivity index (χ0v) is 11.9. The second-order valence-electron chi connectivity index (χ2n) is 4.72. The molecule has 3 N–H and O–H groups in total. The topological polar surface area (TPSA) is 55.1 Å². The SMILES string of the molecule is Nc1cc(C(=O)Nc2cccc3ccccc23)ccc1Cl. The molecule has 0 heterocycles. The molecule has 1 amide bonds. The van der Waals surface area contributed by atoms with Crippen LogP contribution in [0.25, 0.3) is 10.8 Å². The fraction of sp³-hybridized carbons (Fsp3) is 0. The molecule has 0 atom stereocenters. The molecule has 3 rings (SSSR count). The minimum Gasteiger partial charge on any atom is -0.398 e. The molecule has 3 aromatic carbocycles. The zero-order chi connectivity index (χ0) is 14.8. The van der Waals surface area contributed by atoms with Crippen molar-refractivity contribution in [2.24, 2.45) is 0 Å². The van der Waals surface area contributed by atoms with Gasteiger partial charge in [-0.25, -0.2) is 0 Å². The van der Waals surface area contributed by atoms with Crippen molar-refractivity contribution in [1.82, 2.24) is 0 Å². The number of carbonyl (C=O) groups is 1. The van der Waals surface area contributed by atoms with Crippen LogP contribution < -0.4 is 11.1 Å². The van der Waals surface area contributed by atoms with Gasteiger partial charge in [0.25, 0.3) is 5.91 Å². The van der Waals surface area contributed by atoms with E-state index in [0.29, 0.717) is 16.3 Å². The number of fused-ring (bicyclic) bond motifs is 1. The number of amides is 1. The second-order valence-corrected chi connectivity index (χ2v) is 5.12. The van der Waals surface area contributed by atoms with Gasteiger partial charge >= 0.3 is 0 Å². The van der Waals surface area contributed by atoms with Gasteiger partial charge < -0.3 is 11.1 Å². The number of anilines is 2. The summed E-state index contributed by atoms with van der Waals surface area (Å²) in [7, 11) is 0. The molecule has 0 aliphatic carbocycles. The summed E-state index contributed by atoms with van der Waals surface area (Å²) in [4.78, 5) is 12.3. The molecule has 3 nitrogen and oxygen atoms in total. The predicted octanol–water partition coefficient (Wildman–Crippen LogP) is 4.33. The highest BCUT2D eigenvalue weighted by atomic mass is 35.5. The number of hydrogen-bond acceptors (Lipinski definition) is 2. The molecule has 0 unspecified atom stereocenters. The lowest BCUT2D eigenvalue weighted by Gasteiger charge is -2.09. The molecule has 0 aliphatic heterocycles. The Labute approximate surface area is 127 Å². The van der Waals surface area contributed by atoms with E-state index in [0.717, 1.165) is 16.5 Å². The van der Waals surface area contributed by atoms with E-state index >= 15 is 0 Å². The fourth-order valence-electron chi connectivity index (χ4n) is 2.21. The van der Waals surface area contributed by atoms with Gasteiger partial charge in [-0.05, 0) is 29.7 Å². The van der Waals surface area contributed by atoms with Crippen molar-refractivity contribution in [3.05, 3.63) is 71.2 Å². The Hall–Kier alpha value is -2.52. The number of benzene rings is 3. The minimum absolute atomic E-state index is 0.213. The molecule has 0 radical (unpaired) electrons. The van der Waals surface area contributed by atoms with Gasteiger partial charge in [-0.15, -0.1) is 0 Å². The Balaban J connectivity index is 1.94. The van der Waals surface area contributed by atoms with Gasteiger partial charge in [-0.3, -0.25) is 4.79 Å². The molecule has 4 heteroatoms. The molecule has 3 aromatic rings. The van der Waals surface area contributed by atoms with E-state index in [1.54, 1.807) is 18.2 Å². The van der Waals surface area contributed by atoms with Crippen LogP contribution in [-0.2, 0) is 0 Å². The number of hydrogen-bond donors (Lipinski definition) is 2. The van der Waals surface area contributed by atoms with Crippen LogP contribution in [0, 0.1) is 0 Å². The Morgan fingerprint density at radius 3 is 2.57 bits per heavy atom. The standard InChI is InChI=1S/C17H13ClN2O/c18-14-9-8-12(10-15(14)19)17(21)20-16-7-3-5-11-4-1-2-6-13(11)16/h1-10H,19H2,(H,20,21). The van der Waals surface area contributed by atoms with E-state index in [1.165, 1.54) is 0 Å². The van der Waals surface area contributed by atoms with Crippen molar-refractivity contribution >= 4 is 39.7 Å². The van der Waals surface area contributed by atoms with Crippen LogP contribution in [0.2, 0.25) is 5.02 Å². The zero-order valence-electron chi connectivity index (χ0n) is 11.1. The summed E-state index contributed by atoms with van der Waals surface area (Å²) in [5, 5.41) is 5.42. The summed E-state index contributed by atoms with van der Waals surface area (Å²) in [5.74, 6) is -0.213. The molecular weight excluding hydrogens is 284 g/mol. The molecule has 0 spiro atoms. The van der Waals surface area contributed by atoms with Crippen LogP contribution in [0.3, 0.4) is 0 Å². The van der Waals surface area contributed by atoms with E-state index in [9.17, 15) is 4.79 Å². The van der Waals surface area contributed by atoms with Gasteiger partial charge in [0.05, 0.1) is 10.7 Å². The molecule has 0 aliphatic rings. The maximum Gasteiger partial charge on any atom is 0.255 e. The van der Waals surface area contributed by atoms with Crippen molar-refractivity contribution in [2.45, 2.75) is 0 Å². The minimum atomic E-state index is -0.213. The average Bonchev–Trinajstić information content (AvgIpc) is 2.50. The predicted molar refractivity (Wildman–Crippen MR) is 87.8 cm³/mol. The second kappa shape index (κ2) is 5.46. The highest BCUT2D eigenvalue weighted by Crippen LogP contribution is 2.24. The monoisotopic (exact) mass is 296 g/mol. The number of rotatable bonds is 2.